The number of hydrogen-bond donors (Lipinski definition) is 2. The van der Waals surface area contributed by atoms with Crippen LogP contribution in [-0.4, -0.2) is 35.7 Å². The van der Waals surface area contributed by atoms with Gasteiger partial charge in [0.15, 0.2) is 0 Å². The summed E-state index contributed by atoms with van der Waals surface area (Å²) in [6.45, 7) is 2.75. The highest BCUT2D eigenvalue weighted by atomic mass is 19.1. The van der Waals surface area contributed by atoms with Crippen molar-refractivity contribution in [3.05, 3.63) is 35.1 Å². The Bertz CT molecular complexity index is 485. The Labute approximate surface area is 113 Å². The maximum absolute atomic E-state index is 13.5. The summed E-state index contributed by atoms with van der Waals surface area (Å²) in [5, 5.41) is 9.46. The van der Waals surface area contributed by atoms with Gasteiger partial charge < -0.3 is 10.8 Å². The Balaban J connectivity index is 2.04. The van der Waals surface area contributed by atoms with Crippen LogP contribution in [0.1, 0.15) is 24.0 Å². The van der Waals surface area contributed by atoms with Gasteiger partial charge in [0.05, 0.1) is 18.2 Å². The first-order chi connectivity index (χ1) is 9.19. The molecule has 1 heterocycles. The highest BCUT2D eigenvalue weighted by molar-refractivity contribution is 5.38. The second-order valence-electron chi connectivity index (χ2n) is 4.83. The van der Waals surface area contributed by atoms with Gasteiger partial charge in [0.1, 0.15) is 5.82 Å². The molecule has 1 aliphatic heterocycles. The van der Waals surface area contributed by atoms with Crippen molar-refractivity contribution in [2.75, 3.05) is 19.6 Å². The molecule has 1 aromatic carbocycles. The number of aliphatic hydroxyl groups is 1. The summed E-state index contributed by atoms with van der Waals surface area (Å²) in [5.41, 5.74) is 6.74. The molecule has 1 aromatic rings. The fraction of sp³-hybridized carbons (Fsp3) is 0.467. The number of likely N-dealkylation sites (tertiary alicyclic amines) is 1. The summed E-state index contributed by atoms with van der Waals surface area (Å²) in [4.78, 5) is 2.26. The van der Waals surface area contributed by atoms with E-state index in [2.05, 4.69) is 16.7 Å². The number of aliphatic hydroxyl groups excluding tert-OH is 1. The Morgan fingerprint density at radius 1 is 1.37 bits per heavy atom. The van der Waals surface area contributed by atoms with Crippen molar-refractivity contribution in [1.82, 2.24) is 4.90 Å². The van der Waals surface area contributed by atoms with Crippen molar-refractivity contribution in [2.24, 2.45) is 5.73 Å². The van der Waals surface area contributed by atoms with Gasteiger partial charge in [-0.05, 0) is 30.5 Å². The summed E-state index contributed by atoms with van der Waals surface area (Å²) >= 11 is 0. The number of piperidine rings is 1. The van der Waals surface area contributed by atoms with Gasteiger partial charge in [-0.1, -0.05) is 17.9 Å². The van der Waals surface area contributed by atoms with E-state index in [0.29, 0.717) is 5.56 Å². The van der Waals surface area contributed by atoms with E-state index in [1.165, 1.54) is 6.07 Å². The molecule has 0 aliphatic carbocycles. The van der Waals surface area contributed by atoms with E-state index < -0.39 is 0 Å². The largest absolute Gasteiger partial charge is 0.393 e. The SMILES string of the molecule is NCC#Cc1cc(CN2CCC(O)CC2)ccc1F. The molecule has 3 nitrogen and oxygen atoms in total. The van der Waals surface area contributed by atoms with Crippen molar-refractivity contribution in [2.45, 2.75) is 25.5 Å². The second-order valence-corrected chi connectivity index (χ2v) is 4.83. The summed E-state index contributed by atoms with van der Waals surface area (Å²) < 4.78 is 13.5. The lowest BCUT2D eigenvalue weighted by Crippen LogP contribution is -2.35. The highest BCUT2D eigenvalue weighted by Crippen LogP contribution is 2.16. The zero-order chi connectivity index (χ0) is 13.7. The first-order valence-electron chi connectivity index (χ1n) is 6.57. The molecule has 2 rings (SSSR count). The average Bonchev–Trinajstić information content (AvgIpc) is 2.42. The molecule has 0 bridgehead atoms. The molecule has 0 saturated carbocycles. The van der Waals surface area contributed by atoms with E-state index >= 15 is 0 Å². The monoisotopic (exact) mass is 262 g/mol. The Hall–Kier alpha value is -1.41. The van der Waals surface area contributed by atoms with Crippen molar-refractivity contribution in [3.63, 3.8) is 0 Å². The maximum atomic E-state index is 13.5. The average molecular weight is 262 g/mol. The summed E-state index contributed by atoms with van der Waals surface area (Å²) in [7, 11) is 0. The van der Waals surface area contributed by atoms with Crippen LogP contribution in [0.15, 0.2) is 18.2 Å². The van der Waals surface area contributed by atoms with E-state index in [9.17, 15) is 9.50 Å². The number of nitrogens with two attached hydrogens (primary N) is 1. The fourth-order valence-corrected chi connectivity index (χ4v) is 2.25. The molecular formula is C15H19FN2O. The third-order valence-electron chi connectivity index (χ3n) is 3.32. The minimum Gasteiger partial charge on any atom is -0.393 e. The molecule has 0 radical (unpaired) electrons. The Kier molecular flexibility index (Phi) is 4.92. The zero-order valence-electron chi connectivity index (χ0n) is 10.9. The van der Waals surface area contributed by atoms with E-state index in [1.54, 1.807) is 12.1 Å². The van der Waals surface area contributed by atoms with Gasteiger partial charge in [-0.3, -0.25) is 4.90 Å². The third kappa shape index (κ3) is 4.03. The lowest BCUT2D eigenvalue weighted by Gasteiger charge is -2.29. The van der Waals surface area contributed by atoms with Crippen LogP contribution in [0.4, 0.5) is 4.39 Å². The molecule has 1 aliphatic rings. The lowest BCUT2D eigenvalue weighted by atomic mass is 10.1. The van der Waals surface area contributed by atoms with Gasteiger partial charge in [-0.2, -0.15) is 0 Å². The summed E-state index contributed by atoms with van der Waals surface area (Å²) in [6.07, 6.45) is 1.44. The molecule has 0 aromatic heterocycles. The molecule has 0 atom stereocenters. The lowest BCUT2D eigenvalue weighted by molar-refractivity contribution is 0.0792. The predicted molar refractivity (Wildman–Crippen MR) is 72.9 cm³/mol. The summed E-state index contributed by atoms with van der Waals surface area (Å²) in [6, 6.07) is 5.02. The third-order valence-corrected chi connectivity index (χ3v) is 3.32. The Morgan fingerprint density at radius 2 is 2.11 bits per heavy atom. The topological polar surface area (TPSA) is 49.5 Å². The summed E-state index contributed by atoms with van der Waals surface area (Å²) in [5.74, 6) is 5.12. The number of benzene rings is 1. The number of halogens is 1. The van der Waals surface area contributed by atoms with Gasteiger partial charge in [-0.25, -0.2) is 4.39 Å². The van der Waals surface area contributed by atoms with E-state index in [-0.39, 0.29) is 18.5 Å². The molecule has 19 heavy (non-hydrogen) atoms. The van der Waals surface area contributed by atoms with Crippen molar-refractivity contribution >= 4 is 0 Å². The first-order valence-corrected chi connectivity index (χ1v) is 6.57. The molecule has 1 fully saturated rings. The van der Waals surface area contributed by atoms with Crippen LogP contribution in [-0.2, 0) is 6.54 Å². The molecule has 1 saturated heterocycles. The van der Waals surface area contributed by atoms with Crippen LogP contribution >= 0.6 is 0 Å². The van der Waals surface area contributed by atoms with Crippen LogP contribution in [0.5, 0.6) is 0 Å². The quantitative estimate of drug-likeness (QED) is 0.785. The molecule has 0 amide bonds. The molecule has 0 spiro atoms. The molecule has 3 N–H and O–H groups in total. The smallest absolute Gasteiger partial charge is 0.138 e. The Morgan fingerprint density at radius 3 is 2.79 bits per heavy atom. The van der Waals surface area contributed by atoms with Crippen molar-refractivity contribution in [1.29, 1.82) is 0 Å². The highest BCUT2D eigenvalue weighted by Gasteiger charge is 2.17. The van der Waals surface area contributed by atoms with Crippen molar-refractivity contribution in [3.8, 4) is 11.8 Å². The van der Waals surface area contributed by atoms with Crippen LogP contribution in [0, 0.1) is 17.7 Å². The standard InChI is InChI=1S/C15H19FN2O/c16-15-4-3-12(10-13(15)2-1-7-17)11-18-8-5-14(19)6-9-18/h3-4,10,14,19H,5-9,11,17H2. The number of rotatable bonds is 2. The van der Waals surface area contributed by atoms with Gasteiger partial charge >= 0.3 is 0 Å². The van der Waals surface area contributed by atoms with Gasteiger partial charge in [0, 0.05) is 19.6 Å². The predicted octanol–water partition coefficient (Wildman–Crippen LogP) is 1.09. The van der Waals surface area contributed by atoms with Crippen LogP contribution in [0.25, 0.3) is 0 Å². The van der Waals surface area contributed by atoms with Gasteiger partial charge in [0.25, 0.3) is 0 Å². The minimum atomic E-state index is -0.307. The molecule has 4 heteroatoms. The minimum absolute atomic E-state index is 0.171. The van der Waals surface area contributed by atoms with Crippen LogP contribution < -0.4 is 5.73 Å². The first kappa shape index (κ1) is 14.0. The van der Waals surface area contributed by atoms with Gasteiger partial charge in [-0.15, -0.1) is 0 Å². The van der Waals surface area contributed by atoms with E-state index in [1.807, 2.05) is 0 Å². The second kappa shape index (κ2) is 6.67. The number of nitrogens with zero attached hydrogens (tertiary/aromatic N) is 1. The van der Waals surface area contributed by atoms with Gasteiger partial charge in [0.2, 0.25) is 0 Å². The zero-order valence-corrected chi connectivity index (χ0v) is 10.9. The van der Waals surface area contributed by atoms with E-state index in [0.717, 1.165) is 38.0 Å². The van der Waals surface area contributed by atoms with Crippen molar-refractivity contribution < 1.29 is 9.50 Å². The van der Waals surface area contributed by atoms with Crippen LogP contribution in [0.3, 0.4) is 0 Å². The molecule has 0 unspecified atom stereocenters. The van der Waals surface area contributed by atoms with E-state index in [4.69, 9.17) is 5.73 Å². The molecule has 102 valence electrons. The molecular weight excluding hydrogens is 243 g/mol. The fourth-order valence-electron chi connectivity index (χ4n) is 2.25. The maximum Gasteiger partial charge on any atom is 0.138 e. The number of hydrogen-bond acceptors (Lipinski definition) is 3. The normalized spacial score (nSPS) is 17.0. The van der Waals surface area contributed by atoms with Crippen LogP contribution in [0.2, 0.25) is 0 Å².